The van der Waals surface area contributed by atoms with Crippen molar-refractivity contribution in [2.24, 2.45) is 0 Å². The summed E-state index contributed by atoms with van der Waals surface area (Å²) < 4.78 is 6.54. The average molecular weight is 328 g/mol. The second-order valence-corrected chi connectivity index (χ2v) is 5.22. The van der Waals surface area contributed by atoms with Gasteiger partial charge in [-0.1, -0.05) is 23.7 Å². The Morgan fingerprint density at radius 2 is 1.94 bits per heavy atom. The summed E-state index contributed by atoms with van der Waals surface area (Å²) in [7, 11) is 0. The zero-order chi connectivity index (χ0) is 13.1. The van der Waals surface area contributed by atoms with Crippen LogP contribution in [-0.2, 0) is 6.61 Å². The lowest BCUT2D eigenvalue weighted by atomic mass is 10.2. The van der Waals surface area contributed by atoms with Gasteiger partial charge in [-0.15, -0.1) is 0 Å². The van der Waals surface area contributed by atoms with Crippen LogP contribution in [0.4, 0.5) is 0 Å². The van der Waals surface area contributed by atoms with Gasteiger partial charge in [0.05, 0.1) is 16.1 Å². The number of benzene rings is 2. The molecule has 0 radical (unpaired) electrons. The third kappa shape index (κ3) is 3.05. The minimum absolute atomic E-state index is 0.00405. The van der Waals surface area contributed by atoms with E-state index in [2.05, 4.69) is 15.9 Å². The molecular weight excluding hydrogens is 316 g/mol. The molecule has 0 aliphatic heterocycles. The highest BCUT2D eigenvalue weighted by molar-refractivity contribution is 9.10. The number of aliphatic hydroxyl groups is 1. The minimum atomic E-state index is 0.00405. The van der Waals surface area contributed by atoms with Gasteiger partial charge in [-0.2, -0.15) is 0 Å². The summed E-state index contributed by atoms with van der Waals surface area (Å²) in [6, 6.07) is 11.0. The molecule has 0 bridgehead atoms. The number of aryl methyl sites for hydroxylation is 1. The lowest BCUT2D eigenvalue weighted by Gasteiger charge is -2.10. The Hall–Kier alpha value is -1.03. The lowest BCUT2D eigenvalue weighted by Crippen LogP contribution is -1.89. The monoisotopic (exact) mass is 326 g/mol. The molecule has 2 nitrogen and oxygen atoms in total. The zero-order valence-electron chi connectivity index (χ0n) is 9.78. The molecule has 18 heavy (non-hydrogen) atoms. The van der Waals surface area contributed by atoms with Gasteiger partial charge in [0.1, 0.15) is 11.5 Å². The van der Waals surface area contributed by atoms with Crippen LogP contribution in [-0.4, -0.2) is 5.11 Å². The first kappa shape index (κ1) is 13.4. The van der Waals surface area contributed by atoms with Gasteiger partial charge in [-0.3, -0.25) is 0 Å². The first-order chi connectivity index (χ1) is 8.60. The number of halogens is 2. The summed E-state index contributed by atoms with van der Waals surface area (Å²) in [6.45, 7) is 1.98. The molecule has 0 aliphatic carbocycles. The van der Waals surface area contributed by atoms with Crippen LogP contribution in [0.5, 0.6) is 11.5 Å². The summed E-state index contributed by atoms with van der Waals surface area (Å²) >= 11 is 9.49. The molecule has 0 amide bonds. The Balaban J connectivity index is 2.31. The second-order valence-electron chi connectivity index (χ2n) is 3.96. The fourth-order valence-corrected chi connectivity index (χ4v) is 2.20. The van der Waals surface area contributed by atoms with Crippen molar-refractivity contribution in [2.45, 2.75) is 13.5 Å². The topological polar surface area (TPSA) is 29.5 Å². The van der Waals surface area contributed by atoms with Crippen molar-refractivity contribution in [3.8, 4) is 11.5 Å². The largest absolute Gasteiger partial charge is 0.455 e. The summed E-state index contributed by atoms with van der Waals surface area (Å²) in [5.74, 6) is 1.29. The van der Waals surface area contributed by atoms with Gasteiger partial charge >= 0.3 is 0 Å². The van der Waals surface area contributed by atoms with Crippen LogP contribution < -0.4 is 4.74 Å². The molecule has 0 saturated heterocycles. The normalized spacial score (nSPS) is 10.4. The van der Waals surface area contributed by atoms with Crippen LogP contribution in [0.1, 0.15) is 11.1 Å². The smallest absolute Gasteiger partial charge is 0.146 e. The predicted molar refractivity (Wildman–Crippen MR) is 76.3 cm³/mol. The van der Waals surface area contributed by atoms with E-state index in [-0.39, 0.29) is 6.61 Å². The molecule has 0 aromatic heterocycles. The van der Waals surface area contributed by atoms with E-state index in [1.807, 2.05) is 37.3 Å². The SMILES string of the molecule is Cc1ccc(Cl)c(Oc2ccc(CO)cc2Br)c1. The fraction of sp³-hybridized carbons (Fsp3) is 0.143. The molecule has 0 aliphatic rings. The summed E-state index contributed by atoms with van der Waals surface area (Å²) in [5.41, 5.74) is 1.90. The second kappa shape index (κ2) is 5.74. The molecule has 0 spiro atoms. The molecule has 4 heteroatoms. The van der Waals surface area contributed by atoms with E-state index in [1.165, 1.54) is 0 Å². The molecule has 2 rings (SSSR count). The van der Waals surface area contributed by atoms with Crippen LogP contribution >= 0.6 is 27.5 Å². The Morgan fingerprint density at radius 1 is 1.17 bits per heavy atom. The molecule has 2 aromatic carbocycles. The van der Waals surface area contributed by atoms with E-state index in [0.717, 1.165) is 15.6 Å². The van der Waals surface area contributed by atoms with Crippen LogP contribution in [0.25, 0.3) is 0 Å². The first-order valence-electron chi connectivity index (χ1n) is 5.43. The van der Waals surface area contributed by atoms with Crippen LogP contribution in [0.2, 0.25) is 5.02 Å². The average Bonchev–Trinajstić information content (AvgIpc) is 2.36. The maximum Gasteiger partial charge on any atom is 0.146 e. The maximum atomic E-state index is 9.04. The van der Waals surface area contributed by atoms with Crippen LogP contribution in [0.3, 0.4) is 0 Å². The number of ether oxygens (including phenoxy) is 1. The standard InChI is InChI=1S/C14H12BrClO2/c1-9-2-4-12(16)14(6-9)18-13-5-3-10(8-17)7-11(13)15/h2-7,17H,8H2,1H3. The van der Waals surface area contributed by atoms with Crippen molar-refractivity contribution in [1.82, 2.24) is 0 Å². The Kier molecular flexibility index (Phi) is 4.27. The third-order valence-electron chi connectivity index (χ3n) is 2.49. The van der Waals surface area contributed by atoms with E-state index >= 15 is 0 Å². The molecule has 0 atom stereocenters. The van der Waals surface area contributed by atoms with Gasteiger partial charge in [0.25, 0.3) is 0 Å². The van der Waals surface area contributed by atoms with E-state index in [1.54, 1.807) is 6.07 Å². The van der Waals surface area contributed by atoms with E-state index < -0.39 is 0 Å². The molecule has 0 fully saturated rings. The van der Waals surface area contributed by atoms with Crippen molar-refractivity contribution in [3.63, 3.8) is 0 Å². The Labute approximate surface area is 119 Å². The molecule has 2 aromatic rings. The van der Waals surface area contributed by atoms with Crippen molar-refractivity contribution < 1.29 is 9.84 Å². The summed E-state index contributed by atoms with van der Waals surface area (Å²) in [5, 5.41) is 9.61. The molecule has 1 N–H and O–H groups in total. The summed E-state index contributed by atoms with van der Waals surface area (Å²) in [6.07, 6.45) is 0. The van der Waals surface area contributed by atoms with Gasteiger partial charge < -0.3 is 9.84 Å². The molecule has 0 heterocycles. The number of rotatable bonds is 3. The van der Waals surface area contributed by atoms with Crippen molar-refractivity contribution in [1.29, 1.82) is 0 Å². The lowest BCUT2D eigenvalue weighted by molar-refractivity contribution is 0.281. The van der Waals surface area contributed by atoms with Gasteiger partial charge in [-0.25, -0.2) is 0 Å². The summed E-state index contributed by atoms with van der Waals surface area (Å²) in [4.78, 5) is 0. The third-order valence-corrected chi connectivity index (χ3v) is 3.42. The van der Waals surface area contributed by atoms with E-state index in [4.69, 9.17) is 21.4 Å². The van der Waals surface area contributed by atoms with Gasteiger partial charge in [0.15, 0.2) is 0 Å². The van der Waals surface area contributed by atoms with Crippen LogP contribution in [0.15, 0.2) is 40.9 Å². The van der Waals surface area contributed by atoms with E-state index in [0.29, 0.717) is 16.5 Å². The molecule has 0 unspecified atom stereocenters. The van der Waals surface area contributed by atoms with E-state index in [9.17, 15) is 0 Å². The fourth-order valence-electron chi connectivity index (χ4n) is 1.53. The number of hydrogen-bond acceptors (Lipinski definition) is 2. The minimum Gasteiger partial charge on any atom is -0.455 e. The highest BCUT2D eigenvalue weighted by atomic mass is 79.9. The zero-order valence-corrected chi connectivity index (χ0v) is 12.1. The Morgan fingerprint density at radius 3 is 2.61 bits per heavy atom. The number of hydrogen-bond donors (Lipinski definition) is 1. The highest BCUT2D eigenvalue weighted by Crippen LogP contribution is 2.34. The molecule has 0 saturated carbocycles. The first-order valence-corrected chi connectivity index (χ1v) is 6.60. The van der Waals surface area contributed by atoms with Crippen molar-refractivity contribution in [3.05, 3.63) is 57.0 Å². The van der Waals surface area contributed by atoms with Crippen molar-refractivity contribution >= 4 is 27.5 Å². The van der Waals surface area contributed by atoms with Gasteiger partial charge in [0, 0.05) is 0 Å². The molecular formula is C14H12BrClO2. The maximum absolute atomic E-state index is 9.04. The molecule has 94 valence electrons. The van der Waals surface area contributed by atoms with Crippen molar-refractivity contribution in [2.75, 3.05) is 0 Å². The highest BCUT2D eigenvalue weighted by Gasteiger charge is 2.07. The number of aliphatic hydroxyl groups excluding tert-OH is 1. The Bertz CT molecular complexity index is 570. The van der Waals surface area contributed by atoms with Gasteiger partial charge in [-0.05, 0) is 58.2 Å². The predicted octanol–water partition coefficient (Wildman–Crippen LogP) is 4.70. The van der Waals surface area contributed by atoms with Gasteiger partial charge in [0.2, 0.25) is 0 Å². The quantitative estimate of drug-likeness (QED) is 0.885. The van der Waals surface area contributed by atoms with Crippen LogP contribution in [0, 0.1) is 6.92 Å².